The zero-order valence-corrected chi connectivity index (χ0v) is 9.63. The minimum Gasteiger partial charge on any atom is -0.396 e. The maximum absolute atomic E-state index is 8.85. The molecule has 0 aromatic heterocycles. The largest absolute Gasteiger partial charge is 0.396 e. The third-order valence-electron chi connectivity index (χ3n) is 3.74. The van der Waals surface area contributed by atoms with Crippen LogP contribution in [0.5, 0.6) is 0 Å². The van der Waals surface area contributed by atoms with Gasteiger partial charge < -0.3 is 5.11 Å². The van der Waals surface area contributed by atoms with Crippen LogP contribution in [-0.2, 0) is 9.78 Å². The van der Waals surface area contributed by atoms with E-state index in [0.29, 0.717) is 0 Å². The Labute approximate surface area is 91.7 Å². The van der Waals surface area contributed by atoms with Crippen LogP contribution in [0.25, 0.3) is 0 Å². The molecule has 1 saturated carbocycles. The number of hydrogen-bond donors (Lipinski definition) is 1. The van der Waals surface area contributed by atoms with Gasteiger partial charge in [-0.05, 0) is 32.6 Å². The molecule has 2 rings (SSSR count). The molecular weight excluding hydrogens is 192 g/mol. The summed E-state index contributed by atoms with van der Waals surface area (Å²) in [6.07, 6.45) is 8.84. The summed E-state index contributed by atoms with van der Waals surface area (Å²) < 4.78 is 0. The van der Waals surface area contributed by atoms with Gasteiger partial charge in [0.05, 0.1) is 0 Å². The molecule has 1 atom stereocenters. The van der Waals surface area contributed by atoms with Crippen molar-refractivity contribution in [2.45, 2.75) is 69.5 Å². The molecule has 0 aromatic carbocycles. The highest BCUT2D eigenvalue weighted by atomic mass is 17.2. The number of hydrogen-bond acceptors (Lipinski definition) is 3. The van der Waals surface area contributed by atoms with E-state index in [1.54, 1.807) is 0 Å². The van der Waals surface area contributed by atoms with Crippen molar-refractivity contribution < 1.29 is 14.9 Å². The molecule has 1 spiro atoms. The van der Waals surface area contributed by atoms with Crippen molar-refractivity contribution in [1.82, 2.24) is 0 Å². The molecule has 3 nitrogen and oxygen atoms in total. The minimum atomic E-state index is -0.167. The molecule has 2 fully saturated rings. The molecular formula is C12H22O3. The van der Waals surface area contributed by atoms with E-state index in [-0.39, 0.29) is 17.8 Å². The van der Waals surface area contributed by atoms with E-state index in [2.05, 4.69) is 6.92 Å². The Morgan fingerprint density at radius 1 is 1.13 bits per heavy atom. The Balaban J connectivity index is 1.91. The van der Waals surface area contributed by atoms with Crippen molar-refractivity contribution in [1.29, 1.82) is 0 Å². The first kappa shape index (κ1) is 11.4. The molecule has 1 heterocycles. The van der Waals surface area contributed by atoms with Crippen LogP contribution in [-0.4, -0.2) is 22.9 Å². The van der Waals surface area contributed by atoms with Gasteiger partial charge >= 0.3 is 0 Å². The lowest BCUT2D eigenvalue weighted by atomic mass is 9.77. The fourth-order valence-corrected chi connectivity index (χ4v) is 2.97. The average molecular weight is 214 g/mol. The van der Waals surface area contributed by atoms with Crippen molar-refractivity contribution in [2.24, 2.45) is 0 Å². The smallest absolute Gasteiger partial charge is 0.106 e. The van der Waals surface area contributed by atoms with Gasteiger partial charge in [0, 0.05) is 13.0 Å². The third kappa shape index (κ3) is 2.52. The second-order valence-electron chi connectivity index (χ2n) is 5.36. The molecule has 2 aliphatic rings. The molecule has 3 heteroatoms. The van der Waals surface area contributed by atoms with Gasteiger partial charge in [0.2, 0.25) is 0 Å². The first-order valence-corrected chi connectivity index (χ1v) is 6.16. The van der Waals surface area contributed by atoms with E-state index in [1.807, 2.05) is 0 Å². The standard InChI is InChI=1S/C12H22O3/c1-11(6-5-9-13)10-12(15-14-11)7-3-2-4-8-12/h13H,2-10H2,1H3. The van der Waals surface area contributed by atoms with E-state index in [9.17, 15) is 0 Å². The zero-order chi connectivity index (χ0) is 10.8. The lowest BCUT2D eigenvalue weighted by molar-refractivity contribution is -0.352. The van der Waals surface area contributed by atoms with Gasteiger partial charge in [-0.1, -0.05) is 19.3 Å². The molecule has 1 saturated heterocycles. The Kier molecular flexibility index (Phi) is 3.33. The maximum atomic E-state index is 8.85. The van der Waals surface area contributed by atoms with Gasteiger partial charge in [-0.25, -0.2) is 9.78 Å². The van der Waals surface area contributed by atoms with Crippen LogP contribution in [0, 0.1) is 0 Å². The van der Waals surface area contributed by atoms with Crippen molar-refractivity contribution in [3.8, 4) is 0 Å². The normalized spacial score (nSPS) is 34.8. The average Bonchev–Trinajstić information content (AvgIpc) is 2.55. The van der Waals surface area contributed by atoms with Crippen LogP contribution < -0.4 is 0 Å². The summed E-state index contributed by atoms with van der Waals surface area (Å²) >= 11 is 0. The summed E-state index contributed by atoms with van der Waals surface area (Å²) in [5.74, 6) is 0. The predicted octanol–water partition coefficient (Wildman–Crippen LogP) is 2.57. The summed E-state index contributed by atoms with van der Waals surface area (Å²) in [4.78, 5) is 11.1. The number of rotatable bonds is 3. The summed E-state index contributed by atoms with van der Waals surface area (Å²) in [5.41, 5.74) is -0.164. The van der Waals surface area contributed by atoms with Gasteiger partial charge in [-0.15, -0.1) is 0 Å². The van der Waals surface area contributed by atoms with Crippen LogP contribution in [0.3, 0.4) is 0 Å². The van der Waals surface area contributed by atoms with Gasteiger partial charge in [-0.3, -0.25) is 0 Å². The Bertz CT molecular complexity index is 211. The van der Waals surface area contributed by atoms with Crippen molar-refractivity contribution in [3.63, 3.8) is 0 Å². The summed E-state index contributed by atoms with van der Waals surface area (Å²) in [7, 11) is 0. The van der Waals surface area contributed by atoms with Crippen LogP contribution >= 0.6 is 0 Å². The molecule has 88 valence electrons. The summed E-state index contributed by atoms with van der Waals surface area (Å²) in [6, 6.07) is 0. The molecule has 0 amide bonds. The highest BCUT2D eigenvalue weighted by Gasteiger charge is 2.48. The zero-order valence-electron chi connectivity index (χ0n) is 9.63. The quantitative estimate of drug-likeness (QED) is 0.734. The van der Waals surface area contributed by atoms with Crippen LogP contribution in [0.2, 0.25) is 0 Å². The Hall–Kier alpha value is -0.120. The van der Waals surface area contributed by atoms with Crippen LogP contribution in [0.1, 0.15) is 58.3 Å². The van der Waals surface area contributed by atoms with Gasteiger partial charge in [0.1, 0.15) is 11.2 Å². The summed E-state index contributed by atoms with van der Waals surface area (Å²) in [6.45, 7) is 2.35. The lowest BCUT2D eigenvalue weighted by Crippen LogP contribution is -2.33. The lowest BCUT2D eigenvalue weighted by Gasteiger charge is -2.30. The van der Waals surface area contributed by atoms with E-state index in [4.69, 9.17) is 14.9 Å². The van der Waals surface area contributed by atoms with E-state index in [1.165, 1.54) is 19.3 Å². The predicted molar refractivity (Wildman–Crippen MR) is 57.3 cm³/mol. The highest BCUT2D eigenvalue weighted by molar-refractivity contribution is 4.94. The maximum Gasteiger partial charge on any atom is 0.106 e. The van der Waals surface area contributed by atoms with Crippen LogP contribution in [0.15, 0.2) is 0 Å². The second-order valence-corrected chi connectivity index (χ2v) is 5.36. The van der Waals surface area contributed by atoms with E-state index in [0.717, 1.165) is 32.1 Å². The first-order chi connectivity index (χ1) is 7.18. The first-order valence-electron chi connectivity index (χ1n) is 6.16. The van der Waals surface area contributed by atoms with Gasteiger partial charge in [0.15, 0.2) is 0 Å². The number of aliphatic hydroxyl groups is 1. The topological polar surface area (TPSA) is 38.7 Å². The summed E-state index contributed by atoms with van der Waals surface area (Å²) in [5, 5.41) is 8.85. The van der Waals surface area contributed by atoms with Gasteiger partial charge in [0.25, 0.3) is 0 Å². The van der Waals surface area contributed by atoms with Crippen LogP contribution in [0.4, 0.5) is 0 Å². The Morgan fingerprint density at radius 2 is 1.87 bits per heavy atom. The third-order valence-corrected chi connectivity index (χ3v) is 3.74. The highest BCUT2D eigenvalue weighted by Crippen LogP contribution is 2.46. The molecule has 1 unspecified atom stereocenters. The van der Waals surface area contributed by atoms with Gasteiger partial charge in [-0.2, -0.15) is 0 Å². The molecule has 1 N–H and O–H groups in total. The monoisotopic (exact) mass is 214 g/mol. The molecule has 1 aliphatic carbocycles. The van der Waals surface area contributed by atoms with Crippen molar-refractivity contribution >= 4 is 0 Å². The molecule has 0 bridgehead atoms. The second kappa shape index (κ2) is 4.40. The fourth-order valence-electron chi connectivity index (χ4n) is 2.97. The SMILES string of the molecule is CC1(CCCO)CC2(CCCCC2)OO1. The number of aliphatic hydroxyl groups excluding tert-OH is 1. The molecule has 0 aromatic rings. The minimum absolute atomic E-state index is 0.00244. The molecule has 15 heavy (non-hydrogen) atoms. The van der Waals surface area contributed by atoms with Crippen molar-refractivity contribution in [3.05, 3.63) is 0 Å². The Morgan fingerprint density at radius 3 is 2.53 bits per heavy atom. The fraction of sp³-hybridized carbons (Fsp3) is 1.00. The molecule has 0 radical (unpaired) electrons. The van der Waals surface area contributed by atoms with Crippen molar-refractivity contribution in [2.75, 3.05) is 6.61 Å². The van der Waals surface area contributed by atoms with E-state index < -0.39 is 0 Å². The van der Waals surface area contributed by atoms with E-state index >= 15 is 0 Å². The molecule has 1 aliphatic heterocycles.